The molecule has 90 valence electrons. The fourth-order valence-electron chi connectivity index (χ4n) is 2.08. The van der Waals surface area contributed by atoms with Crippen molar-refractivity contribution in [3.8, 4) is 11.4 Å². The van der Waals surface area contributed by atoms with E-state index in [2.05, 4.69) is 16.1 Å². The number of imidazole rings is 1. The van der Waals surface area contributed by atoms with Gasteiger partial charge in [0.25, 0.3) is 0 Å². The second-order valence-corrected chi connectivity index (χ2v) is 4.06. The Balaban J connectivity index is 2.31. The second-order valence-electron chi connectivity index (χ2n) is 4.06. The molecule has 2 heterocycles. The standard InChI is InChI=1S/C14H13N3O/c1-2-7-17-13-6-4-3-5-12(13)16-14(17)10-8-18-9-11(10)15/h2-6,8-9H,1,7,15H2. The lowest BCUT2D eigenvalue weighted by atomic mass is 10.3. The highest BCUT2D eigenvalue weighted by molar-refractivity contribution is 5.83. The van der Waals surface area contributed by atoms with Crippen molar-refractivity contribution >= 4 is 16.7 Å². The third-order valence-electron chi connectivity index (χ3n) is 2.90. The number of nitrogen functional groups attached to an aromatic ring is 1. The van der Waals surface area contributed by atoms with E-state index in [0.717, 1.165) is 22.4 Å². The Labute approximate surface area is 104 Å². The van der Waals surface area contributed by atoms with Gasteiger partial charge in [-0.3, -0.25) is 0 Å². The van der Waals surface area contributed by atoms with Crippen molar-refractivity contribution < 1.29 is 4.42 Å². The normalized spacial score (nSPS) is 10.9. The number of furan rings is 1. The summed E-state index contributed by atoms with van der Waals surface area (Å²) in [6, 6.07) is 7.97. The number of rotatable bonds is 3. The molecule has 4 heteroatoms. The number of fused-ring (bicyclic) bond motifs is 1. The summed E-state index contributed by atoms with van der Waals surface area (Å²) in [5, 5.41) is 0. The van der Waals surface area contributed by atoms with Gasteiger partial charge >= 0.3 is 0 Å². The van der Waals surface area contributed by atoms with Crippen molar-refractivity contribution in [1.29, 1.82) is 0 Å². The van der Waals surface area contributed by atoms with Gasteiger partial charge in [-0.25, -0.2) is 4.98 Å². The third kappa shape index (κ3) is 1.50. The molecule has 0 unspecified atom stereocenters. The molecule has 0 saturated carbocycles. The highest BCUT2D eigenvalue weighted by Gasteiger charge is 2.14. The van der Waals surface area contributed by atoms with Crippen molar-refractivity contribution in [1.82, 2.24) is 9.55 Å². The first-order valence-electron chi connectivity index (χ1n) is 5.69. The zero-order chi connectivity index (χ0) is 12.5. The van der Waals surface area contributed by atoms with Crippen LogP contribution in [0.15, 0.2) is 53.9 Å². The number of nitrogens with two attached hydrogens (primary N) is 1. The van der Waals surface area contributed by atoms with Crippen LogP contribution in [0.3, 0.4) is 0 Å². The highest BCUT2D eigenvalue weighted by Crippen LogP contribution is 2.29. The molecule has 0 bridgehead atoms. The number of hydrogen-bond acceptors (Lipinski definition) is 3. The molecule has 0 aliphatic heterocycles. The Kier molecular flexibility index (Phi) is 2.41. The van der Waals surface area contributed by atoms with E-state index in [9.17, 15) is 0 Å². The number of benzene rings is 1. The number of allylic oxidation sites excluding steroid dienone is 1. The quantitative estimate of drug-likeness (QED) is 0.714. The molecule has 3 aromatic rings. The van der Waals surface area contributed by atoms with Gasteiger partial charge in [0.05, 0.1) is 22.3 Å². The van der Waals surface area contributed by atoms with Crippen molar-refractivity contribution in [2.45, 2.75) is 6.54 Å². The number of nitrogens with zero attached hydrogens (tertiary/aromatic N) is 2. The van der Waals surface area contributed by atoms with E-state index in [1.807, 2.05) is 30.3 Å². The summed E-state index contributed by atoms with van der Waals surface area (Å²) in [4.78, 5) is 4.61. The molecule has 0 atom stereocenters. The minimum Gasteiger partial charge on any atom is -0.470 e. The maximum Gasteiger partial charge on any atom is 0.146 e. The minimum absolute atomic E-state index is 0.593. The molecule has 0 radical (unpaired) electrons. The van der Waals surface area contributed by atoms with Crippen molar-refractivity contribution in [3.05, 3.63) is 49.4 Å². The van der Waals surface area contributed by atoms with Gasteiger partial charge in [0.15, 0.2) is 0 Å². The molecular weight excluding hydrogens is 226 g/mol. The second kappa shape index (κ2) is 4.07. The molecule has 3 rings (SSSR count). The van der Waals surface area contributed by atoms with Gasteiger partial charge in [-0.05, 0) is 12.1 Å². The summed E-state index contributed by atoms with van der Waals surface area (Å²) in [6.07, 6.45) is 4.98. The first-order chi connectivity index (χ1) is 8.81. The van der Waals surface area contributed by atoms with Crippen LogP contribution in [-0.2, 0) is 6.54 Å². The average Bonchev–Trinajstić information content (AvgIpc) is 2.94. The Morgan fingerprint density at radius 3 is 2.89 bits per heavy atom. The van der Waals surface area contributed by atoms with Crippen molar-refractivity contribution in [3.63, 3.8) is 0 Å². The summed E-state index contributed by atoms with van der Waals surface area (Å²) < 4.78 is 7.20. The maximum absolute atomic E-state index is 5.89. The van der Waals surface area contributed by atoms with Crippen LogP contribution in [0.1, 0.15) is 0 Å². The molecule has 1 aromatic carbocycles. The zero-order valence-corrected chi connectivity index (χ0v) is 9.84. The van der Waals surface area contributed by atoms with Crippen LogP contribution in [0.25, 0.3) is 22.4 Å². The van der Waals surface area contributed by atoms with Gasteiger partial charge in [-0.1, -0.05) is 18.2 Å². The van der Waals surface area contributed by atoms with Gasteiger partial charge < -0.3 is 14.7 Å². The van der Waals surface area contributed by atoms with E-state index in [0.29, 0.717) is 12.2 Å². The Morgan fingerprint density at radius 2 is 2.17 bits per heavy atom. The minimum atomic E-state index is 0.593. The largest absolute Gasteiger partial charge is 0.470 e. The number of aromatic nitrogens is 2. The summed E-state index contributed by atoms with van der Waals surface area (Å²) in [6.45, 7) is 4.46. The molecule has 0 saturated heterocycles. The van der Waals surface area contributed by atoms with E-state index in [-0.39, 0.29) is 0 Å². The molecule has 18 heavy (non-hydrogen) atoms. The average molecular weight is 239 g/mol. The van der Waals surface area contributed by atoms with Crippen molar-refractivity contribution in [2.75, 3.05) is 5.73 Å². The van der Waals surface area contributed by atoms with Gasteiger partial charge in [-0.2, -0.15) is 0 Å². The summed E-state index contributed by atoms with van der Waals surface area (Å²) in [7, 11) is 0. The zero-order valence-electron chi connectivity index (χ0n) is 9.84. The van der Waals surface area contributed by atoms with Crippen LogP contribution in [0.5, 0.6) is 0 Å². The molecule has 2 N–H and O–H groups in total. The van der Waals surface area contributed by atoms with Gasteiger partial charge in [0, 0.05) is 6.54 Å². The summed E-state index contributed by atoms with van der Waals surface area (Å²) >= 11 is 0. The van der Waals surface area contributed by atoms with Crippen LogP contribution in [-0.4, -0.2) is 9.55 Å². The molecule has 0 aliphatic rings. The van der Waals surface area contributed by atoms with Gasteiger partial charge in [-0.15, -0.1) is 6.58 Å². The monoisotopic (exact) mass is 239 g/mol. The Bertz CT molecular complexity index is 709. The van der Waals surface area contributed by atoms with Crippen LogP contribution in [0, 0.1) is 0 Å². The molecule has 0 spiro atoms. The first-order valence-corrected chi connectivity index (χ1v) is 5.69. The molecule has 4 nitrogen and oxygen atoms in total. The van der Waals surface area contributed by atoms with Crippen molar-refractivity contribution in [2.24, 2.45) is 0 Å². The number of hydrogen-bond donors (Lipinski definition) is 1. The predicted octanol–water partition coefficient (Wildman–Crippen LogP) is 3.06. The van der Waals surface area contributed by atoms with E-state index in [1.54, 1.807) is 6.26 Å². The lowest BCUT2D eigenvalue weighted by molar-refractivity contribution is 0.568. The van der Waals surface area contributed by atoms with E-state index in [4.69, 9.17) is 10.2 Å². The number of para-hydroxylation sites is 2. The maximum atomic E-state index is 5.89. The smallest absolute Gasteiger partial charge is 0.146 e. The fraction of sp³-hybridized carbons (Fsp3) is 0.0714. The van der Waals surface area contributed by atoms with Gasteiger partial charge in [0.1, 0.15) is 18.4 Å². The van der Waals surface area contributed by atoms with E-state index >= 15 is 0 Å². The topological polar surface area (TPSA) is 57.0 Å². The summed E-state index contributed by atoms with van der Waals surface area (Å²) in [5.41, 5.74) is 9.30. The molecule has 0 aliphatic carbocycles. The van der Waals surface area contributed by atoms with Crippen LogP contribution >= 0.6 is 0 Å². The Hall–Kier alpha value is -2.49. The fourth-order valence-corrected chi connectivity index (χ4v) is 2.08. The van der Waals surface area contributed by atoms with E-state index < -0.39 is 0 Å². The lowest BCUT2D eigenvalue weighted by Gasteiger charge is -2.04. The summed E-state index contributed by atoms with van der Waals surface area (Å²) in [5.74, 6) is 0.808. The third-order valence-corrected chi connectivity index (χ3v) is 2.90. The SMILES string of the molecule is C=CCn1c(-c2cocc2N)nc2ccccc21. The molecule has 0 amide bonds. The predicted molar refractivity (Wildman–Crippen MR) is 72.0 cm³/mol. The molecule has 0 fully saturated rings. The van der Waals surface area contributed by atoms with Crippen LogP contribution < -0.4 is 5.73 Å². The van der Waals surface area contributed by atoms with E-state index in [1.165, 1.54) is 6.26 Å². The molecule has 2 aromatic heterocycles. The first kappa shape index (κ1) is 10.7. The van der Waals surface area contributed by atoms with Crippen LogP contribution in [0.2, 0.25) is 0 Å². The lowest BCUT2D eigenvalue weighted by Crippen LogP contribution is -1.99. The van der Waals surface area contributed by atoms with Crippen LogP contribution in [0.4, 0.5) is 5.69 Å². The number of anilines is 1. The Morgan fingerprint density at radius 1 is 1.33 bits per heavy atom. The molecular formula is C14H13N3O. The highest BCUT2D eigenvalue weighted by atomic mass is 16.3. The van der Waals surface area contributed by atoms with Gasteiger partial charge in [0.2, 0.25) is 0 Å².